The number of aromatic nitrogens is 3. The van der Waals surface area contributed by atoms with Crippen LogP contribution in [-0.4, -0.2) is 48.3 Å². The van der Waals surface area contributed by atoms with E-state index in [4.69, 9.17) is 20.2 Å². The van der Waals surface area contributed by atoms with Crippen LogP contribution in [0.4, 0.5) is 11.6 Å². The Balaban J connectivity index is 1.73. The number of esters is 1. The number of fused-ring (bicyclic) bond motifs is 2. The Labute approximate surface area is 239 Å². The minimum atomic E-state index is -1.00. The van der Waals surface area contributed by atoms with Gasteiger partial charge < -0.3 is 20.5 Å². The van der Waals surface area contributed by atoms with Crippen LogP contribution in [0.3, 0.4) is 0 Å². The molecule has 4 heterocycles. The maximum Gasteiger partial charge on any atom is 0.340 e. The number of ether oxygens (including phenoxy) is 2. The van der Waals surface area contributed by atoms with Gasteiger partial charge in [-0.2, -0.15) is 0 Å². The van der Waals surface area contributed by atoms with Crippen LogP contribution in [0.25, 0.3) is 10.8 Å². The summed E-state index contributed by atoms with van der Waals surface area (Å²) in [6, 6.07) is 5.42. The SMILES string of the molecule is CC[C@@](C)(N)c1cnc(O[C@H](C)CC(C)(C)[S@](C)=O)c2cnc(Nc3ccc4c(n3)C(C)(C)C(C)OC4=O)cc12. The third-order valence-corrected chi connectivity index (χ3v) is 9.96. The highest BCUT2D eigenvalue weighted by molar-refractivity contribution is 7.85. The average Bonchev–Trinajstić information content (AvgIpc) is 2.87. The fourth-order valence-corrected chi connectivity index (χ4v) is 5.31. The van der Waals surface area contributed by atoms with Gasteiger partial charge in [-0.05, 0) is 70.2 Å². The highest BCUT2D eigenvalue weighted by atomic mass is 32.2. The van der Waals surface area contributed by atoms with E-state index >= 15 is 0 Å². The summed E-state index contributed by atoms with van der Waals surface area (Å²) in [5.41, 5.74) is 7.66. The van der Waals surface area contributed by atoms with E-state index in [1.807, 2.05) is 61.5 Å². The fraction of sp³-hybridized carbons (Fsp3) is 0.533. The molecule has 216 valence electrons. The van der Waals surface area contributed by atoms with Gasteiger partial charge in [0.15, 0.2) is 0 Å². The molecule has 3 N–H and O–H groups in total. The first-order valence-electron chi connectivity index (χ1n) is 13.6. The molecule has 0 saturated heterocycles. The van der Waals surface area contributed by atoms with Crippen molar-refractivity contribution in [3.63, 3.8) is 0 Å². The number of hydrogen-bond donors (Lipinski definition) is 2. The van der Waals surface area contributed by atoms with Gasteiger partial charge in [0, 0.05) is 51.6 Å². The summed E-state index contributed by atoms with van der Waals surface area (Å²) < 4.78 is 23.6. The molecule has 1 aliphatic heterocycles. The molecule has 3 aromatic rings. The van der Waals surface area contributed by atoms with Crippen molar-refractivity contribution in [1.29, 1.82) is 0 Å². The summed E-state index contributed by atoms with van der Waals surface area (Å²) >= 11 is 0. The molecule has 0 bridgehead atoms. The molecule has 0 radical (unpaired) electrons. The molecule has 0 spiro atoms. The normalized spacial score (nSPS) is 19.8. The number of hydrogen-bond acceptors (Lipinski definition) is 9. The number of carbonyl (C=O) groups excluding carboxylic acids is 1. The zero-order chi connectivity index (χ0) is 29.6. The van der Waals surface area contributed by atoms with Gasteiger partial charge in [-0.15, -0.1) is 0 Å². The number of cyclic esters (lactones) is 1. The second kappa shape index (κ2) is 10.7. The summed E-state index contributed by atoms with van der Waals surface area (Å²) in [6.07, 6.45) is 6.00. The minimum absolute atomic E-state index is 0.217. The molecule has 0 amide bonds. The number of nitrogens with two attached hydrogens (primary N) is 1. The van der Waals surface area contributed by atoms with Gasteiger partial charge >= 0.3 is 5.97 Å². The Morgan fingerprint density at radius 3 is 2.52 bits per heavy atom. The van der Waals surface area contributed by atoms with Crippen molar-refractivity contribution in [2.75, 3.05) is 11.6 Å². The van der Waals surface area contributed by atoms with Gasteiger partial charge in [0.05, 0.1) is 22.7 Å². The zero-order valence-corrected chi connectivity index (χ0v) is 25.7. The van der Waals surface area contributed by atoms with Crippen LogP contribution >= 0.6 is 0 Å². The van der Waals surface area contributed by atoms with Gasteiger partial charge in [0.1, 0.15) is 17.7 Å². The molecule has 10 heteroatoms. The van der Waals surface area contributed by atoms with Crippen LogP contribution in [0.1, 0.15) is 89.8 Å². The van der Waals surface area contributed by atoms with E-state index < -0.39 is 26.5 Å². The number of anilines is 2. The summed E-state index contributed by atoms with van der Waals surface area (Å²) in [4.78, 5) is 26.5. The van der Waals surface area contributed by atoms with E-state index in [9.17, 15) is 9.00 Å². The highest BCUT2D eigenvalue weighted by Crippen LogP contribution is 2.38. The van der Waals surface area contributed by atoms with Crippen molar-refractivity contribution in [2.24, 2.45) is 5.73 Å². The molecule has 40 heavy (non-hydrogen) atoms. The van der Waals surface area contributed by atoms with Crippen LogP contribution in [0, 0.1) is 0 Å². The van der Waals surface area contributed by atoms with Crippen LogP contribution in [0.2, 0.25) is 0 Å². The highest BCUT2D eigenvalue weighted by Gasteiger charge is 2.41. The second-order valence-electron chi connectivity index (χ2n) is 12.2. The average molecular weight is 568 g/mol. The van der Waals surface area contributed by atoms with Gasteiger partial charge in [-0.1, -0.05) is 20.8 Å². The fourth-order valence-electron chi connectivity index (χ4n) is 4.84. The number of pyridine rings is 3. The first kappa shape index (κ1) is 29.9. The van der Waals surface area contributed by atoms with Gasteiger partial charge in [0.25, 0.3) is 0 Å². The maximum absolute atomic E-state index is 12.4. The predicted octanol–water partition coefficient (Wildman–Crippen LogP) is 5.50. The number of nitrogens with zero attached hydrogens (tertiary/aromatic N) is 3. The van der Waals surface area contributed by atoms with Crippen molar-refractivity contribution in [3.05, 3.63) is 47.4 Å². The Morgan fingerprint density at radius 2 is 1.88 bits per heavy atom. The van der Waals surface area contributed by atoms with E-state index in [2.05, 4.69) is 15.3 Å². The van der Waals surface area contributed by atoms with Gasteiger partial charge in [-0.3, -0.25) is 4.21 Å². The van der Waals surface area contributed by atoms with E-state index in [0.29, 0.717) is 41.6 Å². The number of nitrogens with one attached hydrogen (secondary N) is 1. The molecule has 4 atom stereocenters. The molecular weight excluding hydrogens is 526 g/mol. The lowest BCUT2D eigenvalue weighted by Gasteiger charge is -2.36. The molecule has 3 aromatic heterocycles. The lowest BCUT2D eigenvalue weighted by Crippen LogP contribution is -2.42. The zero-order valence-electron chi connectivity index (χ0n) is 24.9. The van der Waals surface area contributed by atoms with Crippen molar-refractivity contribution in [1.82, 2.24) is 15.0 Å². The molecule has 0 aromatic carbocycles. The van der Waals surface area contributed by atoms with Crippen LogP contribution in [0.15, 0.2) is 30.6 Å². The smallest absolute Gasteiger partial charge is 0.340 e. The van der Waals surface area contributed by atoms with Gasteiger partial charge in [0.2, 0.25) is 5.88 Å². The molecule has 4 rings (SSSR count). The summed E-state index contributed by atoms with van der Waals surface area (Å²) in [5.74, 6) is 1.24. The van der Waals surface area contributed by atoms with Crippen LogP contribution < -0.4 is 15.8 Å². The first-order chi connectivity index (χ1) is 18.6. The predicted molar refractivity (Wildman–Crippen MR) is 160 cm³/mol. The summed E-state index contributed by atoms with van der Waals surface area (Å²) in [6.45, 7) is 15.8. The van der Waals surface area contributed by atoms with Crippen LogP contribution in [0.5, 0.6) is 5.88 Å². The van der Waals surface area contributed by atoms with E-state index in [1.165, 1.54) is 0 Å². The third kappa shape index (κ3) is 5.69. The topological polar surface area (TPSA) is 129 Å². The number of rotatable bonds is 9. The van der Waals surface area contributed by atoms with E-state index in [0.717, 1.165) is 16.3 Å². The Hall–Kier alpha value is -3.11. The first-order valence-corrected chi connectivity index (χ1v) is 15.2. The van der Waals surface area contributed by atoms with Crippen molar-refractivity contribution < 1.29 is 18.5 Å². The van der Waals surface area contributed by atoms with Crippen molar-refractivity contribution in [3.8, 4) is 5.88 Å². The second-order valence-corrected chi connectivity index (χ2v) is 14.2. The molecule has 1 unspecified atom stereocenters. The van der Waals surface area contributed by atoms with Crippen molar-refractivity contribution in [2.45, 2.75) is 96.1 Å². The molecule has 0 saturated carbocycles. The summed E-state index contributed by atoms with van der Waals surface area (Å²) in [5, 5.41) is 4.92. The Morgan fingerprint density at radius 1 is 1.18 bits per heavy atom. The minimum Gasteiger partial charge on any atom is -0.474 e. The van der Waals surface area contributed by atoms with Gasteiger partial charge in [-0.25, -0.2) is 19.7 Å². The van der Waals surface area contributed by atoms with Crippen LogP contribution in [-0.2, 0) is 26.5 Å². The van der Waals surface area contributed by atoms with E-state index in [1.54, 1.807) is 30.8 Å². The Bertz CT molecular complexity index is 1470. The van der Waals surface area contributed by atoms with Crippen molar-refractivity contribution >= 4 is 39.2 Å². The maximum atomic E-state index is 12.4. The standard InChI is InChI=1S/C30H41N5O4S/c1-10-30(8,31)22-16-33-26(38-17(2)14-28(4,5)40(9)37)21-15-32-24(13-20(21)22)34-23-12-11-19-25(35-23)29(6,7)18(3)39-27(19)36/h11-13,15-18H,10,14,31H2,1-9H3,(H,32,34,35)/t17-,18?,30-,40+/m1/s1. The molecule has 0 aliphatic carbocycles. The monoisotopic (exact) mass is 567 g/mol. The Kier molecular flexibility index (Phi) is 7.99. The van der Waals surface area contributed by atoms with E-state index in [-0.39, 0.29) is 18.2 Å². The molecule has 9 nitrogen and oxygen atoms in total. The quantitative estimate of drug-likeness (QED) is 0.322. The molecule has 1 aliphatic rings. The summed E-state index contributed by atoms with van der Waals surface area (Å²) in [7, 11) is -1.00. The number of carbonyl (C=O) groups is 1. The largest absolute Gasteiger partial charge is 0.474 e. The molecular formula is C30H41N5O4S. The molecule has 0 fully saturated rings. The lowest BCUT2D eigenvalue weighted by atomic mass is 9.79. The third-order valence-electron chi connectivity index (χ3n) is 8.24. The lowest BCUT2D eigenvalue weighted by molar-refractivity contribution is 0.00864.